The van der Waals surface area contributed by atoms with Crippen LogP contribution in [0.25, 0.3) is 5.65 Å². The van der Waals surface area contributed by atoms with Gasteiger partial charge in [0.2, 0.25) is 0 Å². The minimum absolute atomic E-state index is 0.00709. The van der Waals surface area contributed by atoms with E-state index in [4.69, 9.17) is 0 Å². The molecule has 1 aliphatic rings. The monoisotopic (exact) mass is 342 g/mol. The van der Waals surface area contributed by atoms with Gasteiger partial charge in [0, 0.05) is 17.8 Å². The quantitative estimate of drug-likeness (QED) is 0.747. The van der Waals surface area contributed by atoms with Gasteiger partial charge in [0.25, 0.3) is 0 Å². The average molecular weight is 342 g/mol. The van der Waals surface area contributed by atoms with Crippen LogP contribution in [0.1, 0.15) is 42.7 Å². The minimum Gasteiger partial charge on any atom is -0.329 e. The van der Waals surface area contributed by atoms with Gasteiger partial charge < -0.3 is 10.6 Å². The molecule has 0 aromatic carbocycles. The third kappa shape index (κ3) is 2.96. The summed E-state index contributed by atoms with van der Waals surface area (Å²) in [5.41, 5.74) is 0.764. The summed E-state index contributed by atoms with van der Waals surface area (Å²) < 4.78 is 1.88. The van der Waals surface area contributed by atoms with Crippen LogP contribution < -0.4 is 10.6 Å². The fourth-order valence-corrected chi connectivity index (χ4v) is 3.58. The topological polar surface area (TPSA) is 84.2 Å². The number of nitrogens with zero attached hydrogens (tertiary/aromatic N) is 4. The number of aromatic nitrogens is 4. The summed E-state index contributed by atoms with van der Waals surface area (Å²) in [5, 5.41) is 17.2. The summed E-state index contributed by atoms with van der Waals surface area (Å²) in [7, 11) is 0. The third-order valence-electron chi connectivity index (χ3n) is 4.17. The molecule has 0 bridgehead atoms. The maximum absolute atomic E-state index is 12.4. The largest absolute Gasteiger partial charge is 0.329 e. The Kier molecular flexibility index (Phi) is 3.89. The third-order valence-corrected chi connectivity index (χ3v) is 5.03. The van der Waals surface area contributed by atoms with Gasteiger partial charge in [0.15, 0.2) is 11.5 Å². The fraction of sp³-hybridized carbons (Fsp3) is 0.375. The fourth-order valence-electron chi connectivity index (χ4n) is 2.80. The van der Waals surface area contributed by atoms with Crippen LogP contribution in [0.3, 0.4) is 0 Å². The van der Waals surface area contributed by atoms with Crippen molar-refractivity contribution in [1.29, 1.82) is 0 Å². The van der Waals surface area contributed by atoms with Crippen molar-refractivity contribution in [2.24, 2.45) is 5.92 Å². The number of nitrogens with one attached hydrogen (secondary N) is 2. The lowest BCUT2D eigenvalue weighted by Gasteiger charge is -2.18. The molecular formula is C16H18N6OS. The summed E-state index contributed by atoms with van der Waals surface area (Å²) >= 11 is 1.58. The van der Waals surface area contributed by atoms with Gasteiger partial charge in [-0.2, -0.15) is 0 Å². The van der Waals surface area contributed by atoms with Crippen LogP contribution in [0.2, 0.25) is 0 Å². The lowest BCUT2D eigenvalue weighted by Crippen LogP contribution is -2.40. The van der Waals surface area contributed by atoms with E-state index in [1.54, 1.807) is 17.5 Å². The highest BCUT2D eigenvalue weighted by Gasteiger charge is 2.35. The Morgan fingerprint density at radius 1 is 1.33 bits per heavy atom. The molecule has 2 N–H and O–H groups in total. The van der Waals surface area contributed by atoms with Crippen molar-refractivity contribution in [3.05, 3.63) is 46.8 Å². The van der Waals surface area contributed by atoms with Gasteiger partial charge in [0.05, 0.1) is 12.1 Å². The summed E-state index contributed by atoms with van der Waals surface area (Å²) in [6.07, 6.45) is 5.94. The number of thiazole rings is 1. The number of carbonyl (C=O) groups is 1. The molecule has 24 heavy (non-hydrogen) atoms. The molecular weight excluding hydrogens is 324 g/mol. The molecule has 2 amide bonds. The highest BCUT2D eigenvalue weighted by Crippen LogP contribution is 2.41. The van der Waals surface area contributed by atoms with Crippen LogP contribution in [-0.2, 0) is 0 Å². The zero-order valence-electron chi connectivity index (χ0n) is 13.2. The number of carbonyl (C=O) groups excluding carboxylic acids is 1. The van der Waals surface area contributed by atoms with E-state index in [0.717, 1.165) is 23.5 Å². The first-order valence-electron chi connectivity index (χ1n) is 7.98. The maximum atomic E-state index is 12.4. The van der Waals surface area contributed by atoms with E-state index >= 15 is 0 Å². The Hall–Kier alpha value is -2.48. The van der Waals surface area contributed by atoms with Crippen LogP contribution in [0.5, 0.6) is 0 Å². The van der Waals surface area contributed by atoms with Crippen molar-refractivity contribution < 1.29 is 4.79 Å². The molecule has 0 spiro atoms. The number of hydrogen-bond donors (Lipinski definition) is 2. The number of amides is 2. The van der Waals surface area contributed by atoms with Gasteiger partial charge in [-0.15, -0.1) is 21.5 Å². The standard InChI is InChI=1S/C16H18N6OS/c1-10(14-21-20-12-4-2-3-8-22(12)14)18-16(23)19-13(11-5-6-11)15-17-7-9-24-15/h2-4,7-11,13H,5-6H2,1H3,(H2,18,19,23)/t10-,13-/m0/s1. The van der Waals surface area contributed by atoms with E-state index in [2.05, 4.69) is 25.8 Å². The second kappa shape index (κ2) is 6.20. The van der Waals surface area contributed by atoms with Crippen LogP contribution in [0.4, 0.5) is 4.79 Å². The zero-order chi connectivity index (χ0) is 16.5. The number of hydrogen-bond acceptors (Lipinski definition) is 5. The summed E-state index contributed by atoms with van der Waals surface area (Å²) in [4.78, 5) is 16.8. The van der Waals surface area contributed by atoms with E-state index in [0.29, 0.717) is 11.7 Å². The number of pyridine rings is 1. The molecule has 124 valence electrons. The molecule has 3 heterocycles. The molecule has 1 fully saturated rings. The van der Waals surface area contributed by atoms with Gasteiger partial charge in [-0.05, 0) is 37.8 Å². The first-order valence-corrected chi connectivity index (χ1v) is 8.86. The molecule has 1 aliphatic carbocycles. The predicted octanol–water partition coefficient (Wildman–Crippen LogP) is 2.70. The first kappa shape index (κ1) is 15.1. The van der Waals surface area contributed by atoms with Crippen LogP contribution in [0, 0.1) is 5.92 Å². The molecule has 4 rings (SSSR count). The van der Waals surface area contributed by atoms with Gasteiger partial charge in [-0.3, -0.25) is 4.40 Å². The number of urea groups is 1. The molecule has 0 saturated heterocycles. The molecule has 0 aliphatic heterocycles. The SMILES string of the molecule is C[C@H](NC(=O)N[C@H](c1nccs1)C1CC1)c1nnc2ccccn12. The first-order chi connectivity index (χ1) is 11.7. The molecule has 3 aromatic heterocycles. The molecule has 3 aromatic rings. The molecule has 0 radical (unpaired) electrons. The number of fused-ring (bicyclic) bond motifs is 1. The average Bonchev–Trinajstić information content (AvgIpc) is 3.11. The molecule has 1 saturated carbocycles. The molecule has 0 unspecified atom stereocenters. The second-order valence-corrected chi connectivity index (χ2v) is 6.94. The number of rotatable bonds is 5. The summed E-state index contributed by atoms with van der Waals surface area (Å²) in [6, 6.07) is 5.24. The Labute approximate surface area is 143 Å². The predicted molar refractivity (Wildman–Crippen MR) is 90.6 cm³/mol. The molecule has 8 heteroatoms. The zero-order valence-corrected chi connectivity index (χ0v) is 14.0. The van der Waals surface area contributed by atoms with E-state index in [-0.39, 0.29) is 18.1 Å². The van der Waals surface area contributed by atoms with Gasteiger partial charge >= 0.3 is 6.03 Å². The lowest BCUT2D eigenvalue weighted by atomic mass is 10.2. The van der Waals surface area contributed by atoms with Crippen molar-refractivity contribution in [2.75, 3.05) is 0 Å². The van der Waals surface area contributed by atoms with Gasteiger partial charge in [0.1, 0.15) is 5.01 Å². The Morgan fingerprint density at radius 2 is 2.21 bits per heavy atom. The second-order valence-electron chi connectivity index (χ2n) is 6.01. The van der Waals surface area contributed by atoms with Gasteiger partial charge in [-0.1, -0.05) is 6.07 Å². The summed E-state index contributed by atoms with van der Waals surface area (Å²) in [6.45, 7) is 1.90. The van der Waals surface area contributed by atoms with Crippen molar-refractivity contribution in [2.45, 2.75) is 31.8 Å². The summed E-state index contributed by atoms with van der Waals surface area (Å²) in [5.74, 6) is 1.20. The molecule has 7 nitrogen and oxygen atoms in total. The highest BCUT2D eigenvalue weighted by molar-refractivity contribution is 7.09. The van der Waals surface area contributed by atoms with E-state index in [1.807, 2.05) is 41.1 Å². The van der Waals surface area contributed by atoms with Crippen LogP contribution in [-0.4, -0.2) is 25.6 Å². The van der Waals surface area contributed by atoms with Gasteiger partial charge in [-0.25, -0.2) is 9.78 Å². The van der Waals surface area contributed by atoms with Crippen molar-refractivity contribution in [3.8, 4) is 0 Å². The van der Waals surface area contributed by atoms with Crippen molar-refractivity contribution in [1.82, 2.24) is 30.2 Å². The molecule has 2 atom stereocenters. The van der Waals surface area contributed by atoms with E-state index < -0.39 is 0 Å². The van der Waals surface area contributed by atoms with Crippen LogP contribution >= 0.6 is 11.3 Å². The van der Waals surface area contributed by atoms with Crippen LogP contribution in [0.15, 0.2) is 36.0 Å². The Morgan fingerprint density at radius 3 is 2.96 bits per heavy atom. The highest BCUT2D eigenvalue weighted by atomic mass is 32.1. The normalized spacial score (nSPS) is 16.7. The van der Waals surface area contributed by atoms with Crippen molar-refractivity contribution >= 4 is 23.0 Å². The van der Waals surface area contributed by atoms with E-state index in [9.17, 15) is 4.79 Å². The maximum Gasteiger partial charge on any atom is 0.315 e. The van der Waals surface area contributed by atoms with Crippen molar-refractivity contribution in [3.63, 3.8) is 0 Å². The Balaban J connectivity index is 1.45. The minimum atomic E-state index is -0.251. The lowest BCUT2D eigenvalue weighted by molar-refractivity contribution is 0.232. The van der Waals surface area contributed by atoms with E-state index in [1.165, 1.54) is 0 Å². The smallest absolute Gasteiger partial charge is 0.315 e. The Bertz CT molecular complexity index is 841.